The van der Waals surface area contributed by atoms with E-state index in [0.717, 1.165) is 12.1 Å². The number of hydrogen-bond donors (Lipinski definition) is 2. The number of halogens is 3. The van der Waals surface area contributed by atoms with Gasteiger partial charge < -0.3 is 20.1 Å². The second-order valence-corrected chi connectivity index (χ2v) is 8.85. The Balaban J connectivity index is 1.70. The van der Waals surface area contributed by atoms with Crippen molar-refractivity contribution in [3.05, 3.63) is 69.5 Å². The van der Waals surface area contributed by atoms with E-state index in [9.17, 15) is 19.2 Å². The molecule has 1 fully saturated rings. The summed E-state index contributed by atoms with van der Waals surface area (Å²) < 4.78 is 25.4. The summed E-state index contributed by atoms with van der Waals surface area (Å²) in [6.45, 7) is 0.254. The lowest BCUT2D eigenvalue weighted by Gasteiger charge is -2.22. The van der Waals surface area contributed by atoms with Gasteiger partial charge in [0.15, 0.2) is 5.75 Å². The van der Waals surface area contributed by atoms with Gasteiger partial charge in [-0.15, -0.1) is 0 Å². The third-order valence-corrected chi connectivity index (χ3v) is 6.04. The molecule has 2 amide bonds. The number of nitriles is 1. The fourth-order valence-corrected chi connectivity index (χ4v) is 3.98. The molecule has 2 bridgehead atoms. The zero-order valence-electron chi connectivity index (χ0n) is 17.9. The molecule has 0 aromatic heterocycles. The van der Waals surface area contributed by atoms with Gasteiger partial charge >= 0.3 is 0 Å². The van der Waals surface area contributed by atoms with E-state index in [0.29, 0.717) is 29.2 Å². The van der Waals surface area contributed by atoms with Gasteiger partial charge in [-0.25, -0.2) is 4.39 Å². The molecule has 0 radical (unpaired) electrons. The van der Waals surface area contributed by atoms with Crippen LogP contribution >= 0.6 is 23.2 Å². The van der Waals surface area contributed by atoms with E-state index in [1.807, 2.05) is 0 Å². The highest BCUT2D eigenvalue weighted by Crippen LogP contribution is 2.35. The summed E-state index contributed by atoms with van der Waals surface area (Å²) in [5.74, 6) is -1.58. The molecule has 0 saturated heterocycles. The fourth-order valence-electron chi connectivity index (χ4n) is 3.46. The summed E-state index contributed by atoms with van der Waals surface area (Å²) in [7, 11) is 0. The molecule has 1 saturated carbocycles. The van der Waals surface area contributed by atoms with Gasteiger partial charge in [-0.2, -0.15) is 5.26 Å². The van der Waals surface area contributed by atoms with E-state index in [4.69, 9.17) is 32.7 Å². The van der Waals surface area contributed by atoms with E-state index >= 15 is 0 Å². The largest absolute Gasteiger partial charge is 0.488 e. The minimum atomic E-state index is -1.08. The maximum absolute atomic E-state index is 14.1. The van der Waals surface area contributed by atoms with Gasteiger partial charge in [0, 0.05) is 6.42 Å². The predicted molar refractivity (Wildman–Crippen MR) is 124 cm³/mol. The highest BCUT2D eigenvalue weighted by Gasteiger charge is 2.45. The van der Waals surface area contributed by atoms with Crippen molar-refractivity contribution >= 4 is 35.0 Å². The first-order chi connectivity index (χ1) is 16.3. The van der Waals surface area contributed by atoms with Crippen LogP contribution in [0.5, 0.6) is 11.5 Å². The number of amides is 2. The van der Waals surface area contributed by atoms with E-state index in [2.05, 4.69) is 16.7 Å². The molecule has 2 aromatic rings. The van der Waals surface area contributed by atoms with E-state index in [-0.39, 0.29) is 36.0 Å². The summed E-state index contributed by atoms with van der Waals surface area (Å²) in [4.78, 5) is 26.2. The van der Waals surface area contributed by atoms with Crippen molar-refractivity contribution in [2.24, 2.45) is 0 Å². The highest BCUT2D eigenvalue weighted by molar-refractivity contribution is 6.33. The van der Waals surface area contributed by atoms with Crippen LogP contribution in [0.1, 0.15) is 28.8 Å². The highest BCUT2D eigenvalue weighted by atomic mass is 35.5. The number of nitrogens with one attached hydrogen (secondary N) is 2. The standard InChI is InChI=1S/C24H20Cl2FN3O4/c25-17-9-14-3-4-20(17)33-7-1-2-8-34-21-16(11-15(27)12-18(21)26)22(31)29-19(10-14)23(32)30-24(13-28)5-6-24/h1-4,9,11-12,19H,5-8,10H2,(H,29,31)(H,30,32)/b2-1-/t19-/m0/s1. The summed E-state index contributed by atoms with van der Waals surface area (Å²) in [6.07, 6.45) is 4.48. The van der Waals surface area contributed by atoms with Gasteiger partial charge in [0.1, 0.15) is 36.4 Å². The molecular weight excluding hydrogens is 484 g/mol. The van der Waals surface area contributed by atoms with E-state index in [1.165, 1.54) is 0 Å². The second-order valence-electron chi connectivity index (χ2n) is 8.04. The molecule has 2 aliphatic heterocycles. The van der Waals surface area contributed by atoms with Gasteiger partial charge in [-0.3, -0.25) is 9.59 Å². The zero-order valence-corrected chi connectivity index (χ0v) is 19.4. The quantitative estimate of drug-likeness (QED) is 0.603. The number of ether oxygens (including phenoxy) is 2. The molecule has 0 unspecified atom stereocenters. The molecule has 10 heteroatoms. The van der Waals surface area contributed by atoms with Crippen molar-refractivity contribution in [1.82, 2.24) is 10.6 Å². The van der Waals surface area contributed by atoms with Crippen LogP contribution in [0.4, 0.5) is 4.39 Å². The van der Waals surface area contributed by atoms with Crippen molar-refractivity contribution in [3.63, 3.8) is 0 Å². The SMILES string of the molecule is N#CC1(NC(=O)[C@@H]2Cc3ccc(c(Cl)c3)OC/C=C\COc3c(Cl)cc(F)cc3C(=O)N2)CC1. The summed E-state index contributed by atoms with van der Waals surface area (Å²) in [5.41, 5.74) is -0.444. The number of carbonyl (C=O) groups is 2. The van der Waals surface area contributed by atoms with Gasteiger partial charge in [-0.1, -0.05) is 29.3 Å². The first-order valence-corrected chi connectivity index (χ1v) is 11.3. The Bertz CT molecular complexity index is 1210. The molecular formula is C24H20Cl2FN3O4. The Morgan fingerprint density at radius 3 is 2.56 bits per heavy atom. The predicted octanol–water partition coefficient (Wildman–Crippen LogP) is 3.97. The van der Waals surface area contributed by atoms with Crippen molar-refractivity contribution in [2.45, 2.75) is 30.8 Å². The Kier molecular flexibility index (Phi) is 6.96. The van der Waals surface area contributed by atoms with Crippen LogP contribution in [0.25, 0.3) is 0 Å². The van der Waals surface area contributed by atoms with Crippen LogP contribution < -0.4 is 20.1 Å². The third kappa shape index (κ3) is 5.44. The first-order valence-electron chi connectivity index (χ1n) is 10.5. The van der Waals surface area contributed by atoms with Crippen molar-refractivity contribution in [1.29, 1.82) is 5.26 Å². The molecule has 0 spiro atoms. The normalized spacial score (nSPS) is 20.1. The number of carbonyl (C=O) groups excluding carboxylic acids is 2. The lowest BCUT2D eigenvalue weighted by molar-refractivity contribution is -0.123. The van der Waals surface area contributed by atoms with Gasteiger partial charge in [-0.05, 0) is 54.8 Å². The molecule has 5 rings (SSSR count). The summed E-state index contributed by atoms with van der Waals surface area (Å²) in [5, 5.41) is 14.9. The molecule has 2 aromatic carbocycles. The molecule has 176 valence electrons. The number of nitrogens with zero attached hydrogens (tertiary/aromatic N) is 1. The molecule has 3 aliphatic rings. The molecule has 2 N–H and O–H groups in total. The van der Waals surface area contributed by atoms with E-state index in [1.54, 1.807) is 30.4 Å². The maximum atomic E-state index is 14.1. The van der Waals surface area contributed by atoms with Gasteiger partial charge in [0.2, 0.25) is 5.91 Å². The molecule has 2 heterocycles. The van der Waals surface area contributed by atoms with Crippen LogP contribution in [-0.4, -0.2) is 36.6 Å². The topological polar surface area (TPSA) is 100 Å². The molecule has 7 nitrogen and oxygen atoms in total. The summed E-state index contributed by atoms with van der Waals surface area (Å²) in [6, 6.07) is 8.08. The second kappa shape index (κ2) is 9.92. The van der Waals surface area contributed by atoms with Crippen molar-refractivity contribution in [2.75, 3.05) is 13.2 Å². The Morgan fingerprint density at radius 1 is 1.15 bits per heavy atom. The first kappa shape index (κ1) is 23.9. The maximum Gasteiger partial charge on any atom is 0.255 e. The smallest absolute Gasteiger partial charge is 0.255 e. The summed E-state index contributed by atoms with van der Waals surface area (Å²) >= 11 is 12.5. The number of hydrogen-bond acceptors (Lipinski definition) is 5. The monoisotopic (exact) mass is 503 g/mol. The molecule has 1 aliphatic carbocycles. The fraction of sp³-hybridized carbons (Fsp3) is 0.292. The minimum Gasteiger partial charge on any atom is -0.488 e. The average Bonchev–Trinajstić information content (AvgIpc) is 3.56. The van der Waals surface area contributed by atoms with E-state index < -0.39 is 29.2 Å². The minimum absolute atomic E-state index is 0.0144. The Hall–Kier alpha value is -3.28. The Morgan fingerprint density at radius 2 is 1.88 bits per heavy atom. The Labute approximate surface area is 205 Å². The van der Waals surface area contributed by atoms with Crippen LogP contribution in [0, 0.1) is 17.1 Å². The van der Waals surface area contributed by atoms with Crippen molar-refractivity contribution < 1.29 is 23.5 Å². The lowest BCUT2D eigenvalue weighted by Crippen LogP contribution is -2.51. The molecule has 1 atom stereocenters. The van der Waals surface area contributed by atoms with Crippen molar-refractivity contribution in [3.8, 4) is 17.6 Å². The van der Waals surface area contributed by atoms with Gasteiger partial charge in [0.25, 0.3) is 5.91 Å². The number of benzene rings is 2. The lowest BCUT2D eigenvalue weighted by atomic mass is 10.0. The number of fused-ring (bicyclic) bond motifs is 9. The average molecular weight is 504 g/mol. The third-order valence-electron chi connectivity index (χ3n) is 5.46. The van der Waals surface area contributed by atoms with Crippen LogP contribution in [0.15, 0.2) is 42.5 Å². The zero-order chi connectivity index (χ0) is 24.3. The van der Waals surface area contributed by atoms with Crippen LogP contribution in [-0.2, 0) is 11.2 Å². The van der Waals surface area contributed by atoms with Crippen LogP contribution in [0.2, 0.25) is 10.0 Å². The van der Waals surface area contributed by atoms with Crippen LogP contribution in [0.3, 0.4) is 0 Å². The number of rotatable bonds is 2. The molecule has 34 heavy (non-hydrogen) atoms. The van der Waals surface area contributed by atoms with Gasteiger partial charge in [0.05, 0.1) is 21.7 Å².